The van der Waals surface area contributed by atoms with Gasteiger partial charge in [-0.05, 0) is 50.2 Å². The molecule has 0 saturated carbocycles. The number of nitrogens with zero attached hydrogens (tertiary/aromatic N) is 1. The van der Waals surface area contributed by atoms with Gasteiger partial charge in [-0.15, -0.1) is 0 Å². The van der Waals surface area contributed by atoms with E-state index in [4.69, 9.17) is 5.84 Å². The molecule has 7 heteroatoms. The predicted octanol–water partition coefficient (Wildman–Crippen LogP) is 0.735. The van der Waals surface area contributed by atoms with Crippen LogP contribution in [0.5, 0.6) is 0 Å². The predicted molar refractivity (Wildman–Crippen MR) is 79.7 cm³/mol. The molecule has 2 rings (SSSR count). The van der Waals surface area contributed by atoms with Gasteiger partial charge in [0.05, 0.1) is 4.90 Å². The molecule has 1 aliphatic heterocycles. The summed E-state index contributed by atoms with van der Waals surface area (Å²) in [6.07, 6.45) is 2.18. The van der Waals surface area contributed by atoms with Crippen molar-refractivity contribution in [2.75, 3.05) is 25.1 Å². The van der Waals surface area contributed by atoms with Crippen molar-refractivity contribution in [2.45, 2.75) is 30.7 Å². The molecular weight excluding hydrogens is 276 g/mol. The summed E-state index contributed by atoms with van der Waals surface area (Å²) in [4.78, 5) is 2.57. The van der Waals surface area contributed by atoms with Gasteiger partial charge in [0, 0.05) is 18.3 Å². The van der Waals surface area contributed by atoms with Crippen LogP contribution in [0.2, 0.25) is 0 Å². The number of nitrogens with two attached hydrogens (primary N) is 1. The molecule has 20 heavy (non-hydrogen) atoms. The molecule has 0 amide bonds. The zero-order chi connectivity index (χ0) is 14.6. The van der Waals surface area contributed by atoms with Gasteiger partial charge in [0.2, 0.25) is 10.0 Å². The molecule has 1 atom stereocenters. The quantitative estimate of drug-likeness (QED) is 0.532. The van der Waals surface area contributed by atoms with Gasteiger partial charge < -0.3 is 5.43 Å². The average molecular weight is 298 g/mol. The molecule has 1 fully saturated rings. The fourth-order valence-electron chi connectivity index (χ4n) is 2.56. The molecule has 1 heterocycles. The minimum atomic E-state index is -3.45. The highest BCUT2D eigenvalue weighted by Crippen LogP contribution is 2.17. The van der Waals surface area contributed by atoms with Crippen LogP contribution in [0.3, 0.4) is 0 Å². The Morgan fingerprint density at radius 1 is 1.35 bits per heavy atom. The average Bonchev–Trinajstić information content (AvgIpc) is 2.93. The highest BCUT2D eigenvalue weighted by molar-refractivity contribution is 7.89. The Hall–Kier alpha value is -1.15. The number of hydrogen-bond acceptors (Lipinski definition) is 5. The summed E-state index contributed by atoms with van der Waals surface area (Å²) in [5.41, 5.74) is 3.15. The summed E-state index contributed by atoms with van der Waals surface area (Å²) in [6, 6.07) is 6.68. The summed E-state index contributed by atoms with van der Waals surface area (Å²) in [6.45, 7) is 4.58. The first-order valence-electron chi connectivity index (χ1n) is 6.87. The van der Waals surface area contributed by atoms with E-state index in [1.54, 1.807) is 24.3 Å². The normalized spacial score (nSPS) is 20.2. The number of benzene rings is 1. The van der Waals surface area contributed by atoms with Gasteiger partial charge in [-0.25, -0.2) is 13.1 Å². The van der Waals surface area contributed by atoms with Gasteiger partial charge in [-0.2, -0.15) is 0 Å². The van der Waals surface area contributed by atoms with Crippen molar-refractivity contribution in [3.63, 3.8) is 0 Å². The largest absolute Gasteiger partial charge is 0.324 e. The van der Waals surface area contributed by atoms with Crippen LogP contribution in [0.25, 0.3) is 0 Å². The second-order valence-corrected chi connectivity index (χ2v) is 6.71. The molecule has 6 nitrogen and oxygen atoms in total. The molecule has 0 radical (unpaired) electrons. The highest BCUT2D eigenvalue weighted by Gasteiger charge is 2.24. The van der Waals surface area contributed by atoms with E-state index in [1.165, 1.54) is 0 Å². The summed E-state index contributed by atoms with van der Waals surface area (Å²) in [5.74, 6) is 5.26. The summed E-state index contributed by atoms with van der Waals surface area (Å²) in [7, 11) is -3.45. The molecular formula is C13H22N4O2S. The van der Waals surface area contributed by atoms with Gasteiger partial charge in [0.1, 0.15) is 0 Å². The summed E-state index contributed by atoms with van der Waals surface area (Å²) in [5, 5.41) is 0. The maximum atomic E-state index is 12.2. The minimum Gasteiger partial charge on any atom is -0.324 e. The lowest BCUT2D eigenvalue weighted by molar-refractivity contribution is 0.268. The fraction of sp³-hybridized carbons (Fsp3) is 0.538. The maximum Gasteiger partial charge on any atom is 0.240 e. The SMILES string of the molecule is CCN1CCCC1CNS(=O)(=O)c1ccc(NN)cc1. The molecule has 112 valence electrons. The fourth-order valence-corrected chi connectivity index (χ4v) is 3.64. The van der Waals surface area contributed by atoms with Crippen LogP contribution in [0.15, 0.2) is 29.2 Å². The number of nitrogens with one attached hydrogen (secondary N) is 2. The molecule has 0 aliphatic carbocycles. The van der Waals surface area contributed by atoms with E-state index < -0.39 is 10.0 Å². The smallest absolute Gasteiger partial charge is 0.240 e. The van der Waals surface area contributed by atoms with E-state index in [0.29, 0.717) is 18.3 Å². The molecule has 0 aromatic heterocycles. The molecule has 1 saturated heterocycles. The van der Waals surface area contributed by atoms with E-state index in [-0.39, 0.29) is 4.90 Å². The van der Waals surface area contributed by atoms with Crippen LogP contribution >= 0.6 is 0 Å². The van der Waals surface area contributed by atoms with Crippen LogP contribution in [0.4, 0.5) is 5.69 Å². The van der Waals surface area contributed by atoms with Crippen LogP contribution in [0.1, 0.15) is 19.8 Å². The Bertz CT molecular complexity index is 530. The highest BCUT2D eigenvalue weighted by atomic mass is 32.2. The summed E-state index contributed by atoms with van der Waals surface area (Å²) < 4.78 is 27.1. The van der Waals surface area contributed by atoms with Gasteiger partial charge in [-0.1, -0.05) is 6.92 Å². The van der Waals surface area contributed by atoms with Crippen LogP contribution < -0.4 is 16.0 Å². The molecule has 0 bridgehead atoms. The molecule has 0 spiro atoms. The van der Waals surface area contributed by atoms with E-state index in [0.717, 1.165) is 25.9 Å². The first-order valence-corrected chi connectivity index (χ1v) is 8.35. The van der Waals surface area contributed by atoms with Crippen molar-refractivity contribution in [1.29, 1.82) is 0 Å². The van der Waals surface area contributed by atoms with Crippen LogP contribution in [-0.4, -0.2) is 39.0 Å². The number of hydrazine groups is 1. The van der Waals surface area contributed by atoms with Gasteiger partial charge >= 0.3 is 0 Å². The first-order chi connectivity index (χ1) is 9.56. The number of nitrogen functional groups attached to an aromatic ring is 1. The molecule has 1 aromatic rings. The van der Waals surface area contributed by atoms with Crippen LogP contribution in [0, 0.1) is 0 Å². The lowest BCUT2D eigenvalue weighted by atomic mass is 10.2. The van der Waals surface area contributed by atoms with E-state index >= 15 is 0 Å². The second kappa shape index (κ2) is 6.53. The summed E-state index contributed by atoms with van der Waals surface area (Å²) >= 11 is 0. The van der Waals surface area contributed by atoms with Gasteiger partial charge in [0.15, 0.2) is 0 Å². The number of anilines is 1. The van der Waals surface area contributed by atoms with Gasteiger partial charge in [0.25, 0.3) is 0 Å². The van der Waals surface area contributed by atoms with Crippen molar-refractivity contribution >= 4 is 15.7 Å². The van der Waals surface area contributed by atoms with Crippen molar-refractivity contribution < 1.29 is 8.42 Å². The van der Waals surface area contributed by atoms with E-state index in [2.05, 4.69) is 22.0 Å². The molecule has 1 aromatic carbocycles. The van der Waals surface area contributed by atoms with Crippen molar-refractivity contribution in [3.8, 4) is 0 Å². The maximum absolute atomic E-state index is 12.2. The Balaban J connectivity index is 1.99. The Labute approximate surface area is 120 Å². The van der Waals surface area contributed by atoms with Crippen molar-refractivity contribution in [3.05, 3.63) is 24.3 Å². The Morgan fingerprint density at radius 2 is 2.05 bits per heavy atom. The van der Waals surface area contributed by atoms with E-state index in [1.807, 2.05) is 0 Å². The van der Waals surface area contributed by atoms with Crippen LogP contribution in [-0.2, 0) is 10.0 Å². The molecule has 1 aliphatic rings. The number of likely N-dealkylation sites (tertiary alicyclic amines) is 1. The molecule has 4 N–H and O–H groups in total. The lowest BCUT2D eigenvalue weighted by Crippen LogP contribution is -2.39. The lowest BCUT2D eigenvalue weighted by Gasteiger charge is -2.22. The third-order valence-electron chi connectivity index (χ3n) is 3.75. The zero-order valence-corrected chi connectivity index (χ0v) is 12.5. The van der Waals surface area contributed by atoms with E-state index in [9.17, 15) is 8.42 Å². The number of hydrogen-bond donors (Lipinski definition) is 3. The monoisotopic (exact) mass is 298 g/mol. The Morgan fingerprint density at radius 3 is 2.65 bits per heavy atom. The molecule has 1 unspecified atom stereocenters. The second-order valence-electron chi connectivity index (χ2n) is 4.95. The van der Waals surface area contributed by atoms with Gasteiger partial charge in [-0.3, -0.25) is 10.7 Å². The van der Waals surface area contributed by atoms with Crippen molar-refractivity contribution in [2.24, 2.45) is 5.84 Å². The first kappa shape index (κ1) is 15.2. The number of rotatable bonds is 6. The zero-order valence-electron chi connectivity index (χ0n) is 11.7. The third kappa shape index (κ3) is 3.49. The standard InChI is InChI=1S/C13H22N4O2S/c1-2-17-9-3-4-12(17)10-15-20(18,19)13-7-5-11(16-14)6-8-13/h5-8,12,15-16H,2-4,9-10,14H2,1H3. The minimum absolute atomic E-state index is 0.262. The van der Waals surface area contributed by atoms with Crippen molar-refractivity contribution in [1.82, 2.24) is 9.62 Å². The Kier molecular flexibility index (Phi) is 4.98. The topological polar surface area (TPSA) is 87.5 Å². The number of sulfonamides is 1. The number of likely N-dealkylation sites (N-methyl/N-ethyl adjacent to an activating group) is 1. The third-order valence-corrected chi connectivity index (χ3v) is 5.18.